The molecule has 11 rings (SSSR count). The Kier molecular flexibility index (Phi) is 9.23. The molecule has 0 spiro atoms. The molecule has 0 bridgehead atoms. The average Bonchev–Trinajstić information content (AvgIpc) is 3.36. The molecular formula is C59H37N3. The molecule has 10 aromatic carbocycles. The fourth-order valence-electron chi connectivity index (χ4n) is 8.77. The summed E-state index contributed by atoms with van der Waals surface area (Å²) in [5.74, 6) is 0.669. The molecule has 0 aliphatic rings. The summed E-state index contributed by atoms with van der Waals surface area (Å²) in [6.45, 7) is 7.40. The van der Waals surface area contributed by atoms with Crippen molar-refractivity contribution in [3.8, 4) is 78.4 Å². The molecule has 288 valence electrons. The largest absolute Gasteiger partial charge is 0.238 e. The van der Waals surface area contributed by atoms with Crippen LogP contribution in [0.1, 0.15) is 0 Å². The summed E-state index contributed by atoms with van der Waals surface area (Å²) in [5.41, 5.74) is 14.5. The van der Waals surface area contributed by atoms with Crippen molar-refractivity contribution in [1.82, 2.24) is 9.97 Å². The first-order chi connectivity index (χ1) is 30.7. The first-order valence-electron chi connectivity index (χ1n) is 20.8. The van der Waals surface area contributed by atoms with Gasteiger partial charge in [-0.25, -0.2) is 14.8 Å². The van der Waals surface area contributed by atoms with Gasteiger partial charge in [-0.3, -0.25) is 0 Å². The molecule has 0 atom stereocenters. The summed E-state index contributed by atoms with van der Waals surface area (Å²) in [6, 6.07) is 79.0. The van der Waals surface area contributed by atoms with Crippen LogP contribution in [0.15, 0.2) is 224 Å². The van der Waals surface area contributed by atoms with Crippen LogP contribution in [0.3, 0.4) is 0 Å². The second-order valence-corrected chi connectivity index (χ2v) is 15.6. The number of rotatable bonds is 7. The summed E-state index contributed by atoms with van der Waals surface area (Å²) in [5, 5.41) is 7.61. The summed E-state index contributed by atoms with van der Waals surface area (Å²) in [4.78, 5) is 13.8. The standard InChI is InChI=1S/C59H37N3/c1-60-49-34-31-44(32-35-49)50-15-9-10-18-53(50)57-38-56(61-59(62-57)47-12-3-2-4-13-47)45-27-23-41(24-28-45)39-19-21-40(22-20-39)42-25-29-46(30-26-42)58-52-17-8-6-14-48(52)37-55-51-16-7-5-11-43(51)33-36-54(55)58/h2-38H. The maximum atomic E-state index is 7.40. The molecule has 0 N–H and O–H groups in total. The van der Waals surface area contributed by atoms with Gasteiger partial charge in [-0.2, -0.15) is 0 Å². The lowest BCUT2D eigenvalue weighted by atomic mass is 9.89. The van der Waals surface area contributed by atoms with Gasteiger partial charge in [-0.05, 0) is 89.0 Å². The lowest BCUT2D eigenvalue weighted by molar-refractivity contribution is 1.18. The highest BCUT2D eigenvalue weighted by molar-refractivity contribution is 6.20. The smallest absolute Gasteiger partial charge is 0.187 e. The van der Waals surface area contributed by atoms with E-state index in [2.05, 4.69) is 163 Å². The zero-order chi connectivity index (χ0) is 41.4. The van der Waals surface area contributed by atoms with Gasteiger partial charge >= 0.3 is 0 Å². The fraction of sp³-hybridized carbons (Fsp3) is 0. The van der Waals surface area contributed by atoms with E-state index in [4.69, 9.17) is 16.5 Å². The van der Waals surface area contributed by atoms with Crippen LogP contribution in [0.5, 0.6) is 0 Å². The van der Waals surface area contributed by atoms with Crippen LogP contribution in [-0.2, 0) is 0 Å². The molecule has 0 radical (unpaired) electrons. The number of nitrogens with zero attached hydrogens (tertiary/aromatic N) is 3. The highest BCUT2D eigenvalue weighted by Crippen LogP contribution is 2.40. The van der Waals surface area contributed by atoms with Gasteiger partial charge in [0.15, 0.2) is 11.5 Å². The van der Waals surface area contributed by atoms with E-state index < -0.39 is 0 Å². The van der Waals surface area contributed by atoms with Crippen molar-refractivity contribution in [2.45, 2.75) is 0 Å². The molecule has 0 unspecified atom stereocenters. The van der Waals surface area contributed by atoms with Gasteiger partial charge in [0.2, 0.25) is 0 Å². The summed E-state index contributed by atoms with van der Waals surface area (Å²) in [7, 11) is 0. The molecule has 1 aromatic heterocycles. The second kappa shape index (κ2) is 15.6. The molecule has 0 saturated carbocycles. The van der Waals surface area contributed by atoms with E-state index in [-0.39, 0.29) is 0 Å². The van der Waals surface area contributed by atoms with E-state index in [0.29, 0.717) is 11.5 Å². The van der Waals surface area contributed by atoms with Crippen molar-refractivity contribution in [2.75, 3.05) is 0 Å². The normalized spacial score (nSPS) is 11.2. The minimum atomic E-state index is 0.618. The predicted octanol–water partition coefficient (Wildman–Crippen LogP) is 16.2. The molecule has 0 aliphatic carbocycles. The van der Waals surface area contributed by atoms with Gasteiger partial charge in [0.1, 0.15) is 0 Å². The molecule has 3 heteroatoms. The topological polar surface area (TPSA) is 30.1 Å². The first kappa shape index (κ1) is 36.6. The van der Waals surface area contributed by atoms with E-state index >= 15 is 0 Å². The highest BCUT2D eigenvalue weighted by atomic mass is 14.9. The third kappa shape index (κ3) is 6.76. The Morgan fingerprint density at radius 2 is 0.823 bits per heavy atom. The van der Waals surface area contributed by atoms with Crippen LogP contribution < -0.4 is 0 Å². The molecule has 0 fully saturated rings. The van der Waals surface area contributed by atoms with Crippen LogP contribution in [0, 0.1) is 6.57 Å². The number of fused-ring (bicyclic) bond motifs is 4. The van der Waals surface area contributed by atoms with E-state index in [1.807, 2.05) is 66.7 Å². The maximum Gasteiger partial charge on any atom is 0.187 e. The zero-order valence-corrected chi connectivity index (χ0v) is 33.7. The number of benzene rings is 10. The Labute approximate surface area is 360 Å². The van der Waals surface area contributed by atoms with Crippen molar-refractivity contribution < 1.29 is 0 Å². The third-order valence-corrected chi connectivity index (χ3v) is 11.9. The second-order valence-electron chi connectivity index (χ2n) is 15.6. The Bertz CT molecular complexity index is 3470. The Morgan fingerprint density at radius 1 is 0.306 bits per heavy atom. The van der Waals surface area contributed by atoms with Crippen molar-refractivity contribution >= 4 is 38.0 Å². The summed E-state index contributed by atoms with van der Waals surface area (Å²) in [6.07, 6.45) is 0. The molecule has 11 aromatic rings. The van der Waals surface area contributed by atoms with Crippen molar-refractivity contribution in [3.63, 3.8) is 0 Å². The monoisotopic (exact) mass is 787 g/mol. The first-order valence-corrected chi connectivity index (χ1v) is 20.8. The van der Waals surface area contributed by atoms with E-state index in [1.165, 1.54) is 54.6 Å². The van der Waals surface area contributed by atoms with E-state index in [0.717, 1.165) is 50.3 Å². The van der Waals surface area contributed by atoms with Crippen molar-refractivity contribution in [2.24, 2.45) is 0 Å². The molecule has 3 nitrogen and oxygen atoms in total. The van der Waals surface area contributed by atoms with Crippen molar-refractivity contribution in [3.05, 3.63) is 236 Å². The maximum absolute atomic E-state index is 7.40. The quantitative estimate of drug-likeness (QED) is 0.0915. The average molecular weight is 788 g/mol. The van der Waals surface area contributed by atoms with Crippen LogP contribution in [0.25, 0.3) is 116 Å². The Morgan fingerprint density at radius 3 is 1.48 bits per heavy atom. The number of aromatic nitrogens is 2. The van der Waals surface area contributed by atoms with Crippen molar-refractivity contribution in [1.29, 1.82) is 0 Å². The van der Waals surface area contributed by atoms with E-state index in [9.17, 15) is 0 Å². The summed E-state index contributed by atoms with van der Waals surface area (Å²) >= 11 is 0. The van der Waals surface area contributed by atoms with Gasteiger partial charge in [-0.15, -0.1) is 0 Å². The predicted molar refractivity (Wildman–Crippen MR) is 259 cm³/mol. The van der Waals surface area contributed by atoms with Gasteiger partial charge in [0.25, 0.3) is 0 Å². The SMILES string of the molecule is [C-]#[N+]c1ccc(-c2ccccc2-c2cc(-c3ccc(-c4ccc(-c5ccc(-c6c7ccccc7cc7c6ccc6ccccc67)cc5)cc4)cc3)nc(-c3ccccc3)n2)cc1. The van der Waals surface area contributed by atoms with Gasteiger partial charge in [-0.1, -0.05) is 212 Å². The van der Waals surface area contributed by atoms with E-state index in [1.54, 1.807) is 0 Å². The van der Waals surface area contributed by atoms with Gasteiger partial charge in [0, 0.05) is 16.7 Å². The number of hydrogen-bond acceptors (Lipinski definition) is 2. The third-order valence-electron chi connectivity index (χ3n) is 11.9. The van der Waals surface area contributed by atoms with Gasteiger partial charge < -0.3 is 0 Å². The van der Waals surface area contributed by atoms with Gasteiger partial charge in [0.05, 0.1) is 18.0 Å². The van der Waals surface area contributed by atoms with Crippen LogP contribution in [0.4, 0.5) is 5.69 Å². The minimum Gasteiger partial charge on any atom is -0.238 e. The summed E-state index contributed by atoms with van der Waals surface area (Å²) < 4.78 is 0. The van der Waals surface area contributed by atoms with Crippen LogP contribution >= 0.6 is 0 Å². The lowest BCUT2D eigenvalue weighted by Crippen LogP contribution is -1.97. The minimum absolute atomic E-state index is 0.618. The fourth-order valence-corrected chi connectivity index (χ4v) is 8.77. The molecular weight excluding hydrogens is 751 g/mol. The van der Waals surface area contributed by atoms with Crippen LogP contribution in [-0.4, -0.2) is 9.97 Å². The molecule has 0 saturated heterocycles. The zero-order valence-electron chi connectivity index (χ0n) is 33.7. The molecule has 0 amide bonds. The molecule has 62 heavy (non-hydrogen) atoms. The molecule has 1 heterocycles. The Hall–Kier alpha value is -8.45. The van der Waals surface area contributed by atoms with Crippen LogP contribution in [0.2, 0.25) is 0 Å². The Balaban J connectivity index is 0.896. The number of hydrogen-bond donors (Lipinski definition) is 0. The molecule has 0 aliphatic heterocycles. The highest BCUT2D eigenvalue weighted by Gasteiger charge is 2.16. The lowest BCUT2D eigenvalue weighted by Gasteiger charge is -2.14.